The van der Waals surface area contributed by atoms with Crippen LogP contribution in [0.1, 0.15) is 29.5 Å². The van der Waals surface area contributed by atoms with Crippen LogP contribution in [-0.2, 0) is 6.42 Å². The number of likely N-dealkylation sites (N-methyl/N-ethyl adjacent to an activating group) is 1. The van der Waals surface area contributed by atoms with Gasteiger partial charge < -0.3 is 14.5 Å². The molecule has 1 saturated heterocycles. The number of aryl methyl sites for hydroxylation is 2. The molecule has 0 N–H and O–H groups in total. The van der Waals surface area contributed by atoms with Crippen LogP contribution in [0.2, 0.25) is 0 Å². The van der Waals surface area contributed by atoms with Crippen molar-refractivity contribution in [1.29, 1.82) is 0 Å². The highest BCUT2D eigenvalue weighted by Crippen LogP contribution is 2.26. The molecule has 24 heavy (non-hydrogen) atoms. The molecular formula is C20H33ClN2O. The van der Waals surface area contributed by atoms with Crippen LogP contribution in [0.3, 0.4) is 0 Å². The lowest BCUT2D eigenvalue weighted by Gasteiger charge is -2.32. The molecule has 1 aliphatic heterocycles. The van der Waals surface area contributed by atoms with E-state index in [0.29, 0.717) is 0 Å². The summed E-state index contributed by atoms with van der Waals surface area (Å²) >= 11 is 0. The maximum atomic E-state index is 6.11. The minimum absolute atomic E-state index is 0. The molecular weight excluding hydrogens is 320 g/mol. The lowest BCUT2D eigenvalue weighted by molar-refractivity contribution is 0.149. The zero-order chi connectivity index (χ0) is 16.7. The monoisotopic (exact) mass is 352 g/mol. The van der Waals surface area contributed by atoms with E-state index in [1.54, 1.807) is 0 Å². The van der Waals surface area contributed by atoms with Crippen LogP contribution in [0.4, 0.5) is 0 Å². The third kappa shape index (κ3) is 6.46. The largest absolute Gasteiger partial charge is 0.493 e. The number of piperazine rings is 1. The fourth-order valence-corrected chi connectivity index (χ4v) is 3.24. The molecule has 1 aliphatic rings. The molecule has 0 atom stereocenters. The summed E-state index contributed by atoms with van der Waals surface area (Å²) in [6.07, 6.45) is 5.16. The van der Waals surface area contributed by atoms with Crippen LogP contribution in [-0.4, -0.2) is 56.2 Å². The van der Waals surface area contributed by atoms with Gasteiger partial charge in [0.05, 0.1) is 6.61 Å². The zero-order valence-corrected chi connectivity index (χ0v) is 16.3. The molecule has 1 aromatic rings. The van der Waals surface area contributed by atoms with Crippen molar-refractivity contribution in [3.05, 3.63) is 41.5 Å². The minimum Gasteiger partial charge on any atom is -0.493 e. The lowest BCUT2D eigenvalue weighted by atomic mass is 10.0. The van der Waals surface area contributed by atoms with E-state index in [-0.39, 0.29) is 12.4 Å². The molecule has 2 rings (SSSR count). The Hall–Kier alpha value is -1.03. The normalized spacial score (nSPS) is 15.8. The predicted molar refractivity (Wildman–Crippen MR) is 106 cm³/mol. The Kier molecular flexibility index (Phi) is 9.42. The molecule has 0 radical (unpaired) electrons. The maximum absolute atomic E-state index is 6.11. The maximum Gasteiger partial charge on any atom is 0.125 e. The van der Waals surface area contributed by atoms with Crippen molar-refractivity contribution < 1.29 is 4.74 Å². The molecule has 3 nitrogen and oxygen atoms in total. The van der Waals surface area contributed by atoms with Crippen LogP contribution < -0.4 is 4.74 Å². The number of allylic oxidation sites excluding steroid dienone is 1. The molecule has 0 saturated carbocycles. The molecule has 4 heteroatoms. The first-order valence-corrected chi connectivity index (χ1v) is 8.85. The molecule has 0 aromatic heterocycles. The summed E-state index contributed by atoms with van der Waals surface area (Å²) in [6, 6.07) is 4.42. The smallest absolute Gasteiger partial charge is 0.125 e. The number of hydrogen-bond donors (Lipinski definition) is 0. The number of halogens is 1. The predicted octanol–water partition coefficient (Wildman–Crippen LogP) is 3.86. The second kappa shape index (κ2) is 10.8. The van der Waals surface area contributed by atoms with Crippen molar-refractivity contribution in [2.75, 3.05) is 46.4 Å². The van der Waals surface area contributed by atoms with E-state index >= 15 is 0 Å². The molecule has 0 aliphatic carbocycles. The van der Waals surface area contributed by atoms with Gasteiger partial charge in [-0.3, -0.25) is 0 Å². The summed E-state index contributed by atoms with van der Waals surface area (Å²) in [5.74, 6) is 1.06. The number of rotatable bonds is 8. The molecule has 0 spiro atoms. The second-order valence-electron chi connectivity index (χ2n) is 6.76. The SMILES string of the molecule is C=CCc1cc(C)cc(C)c1OCCCCN1CCN(C)CC1.Cl. The Bertz CT molecular complexity index is 511. The minimum atomic E-state index is 0. The van der Waals surface area contributed by atoms with Gasteiger partial charge in [0.1, 0.15) is 5.75 Å². The first-order chi connectivity index (χ1) is 11.1. The van der Waals surface area contributed by atoms with E-state index in [1.807, 2.05) is 6.08 Å². The molecule has 1 fully saturated rings. The molecule has 1 heterocycles. The van der Waals surface area contributed by atoms with Gasteiger partial charge in [-0.25, -0.2) is 0 Å². The molecule has 0 bridgehead atoms. The fourth-order valence-electron chi connectivity index (χ4n) is 3.24. The van der Waals surface area contributed by atoms with E-state index in [1.165, 1.54) is 55.8 Å². The van der Waals surface area contributed by atoms with E-state index in [2.05, 4.69) is 49.4 Å². The van der Waals surface area contributed by atoms with Crippen molar-refractivity contribution in [3.63, 3.8) is 0 Å². The van der Waals surface area contributed by atoms with E-state index in [9.17, 15) is 0 Å². The summed E-state index contributed by atoms with van der Waals surface area (Å²) in [6.45, 7) is 14.9. The number of nitrogens with zero attached hydrogens (tertiary/aromatic N) is 2. The Morgan fingerprint density at radius 3 is 2.50 bits per heavy atom. The van der Waals surface area contributed by atoms with Gasteiger partial charge in [-0.05, 0) is 57.8 Å². The first-order valence-electron chi connectivity index (χ1n) is 8.85. The summed E-state index contributed by atoms with van der Waals surface area (Å²) in [5.41, 5.74) is 3.79. The Labute approximate surface area is 154 Å². The van der Waals surface area contributed by atoms with Crippen LogP contribution in [0, 0.1) is 13.8 Å². The highest BCUT2D eigenvalue weighted by atomic mass is 35.5. The van der Waals surface area contributed by atoms with E-state index in [4.69, 9.17) is 4.74 Å². The third-order valence-electron chi connectivity index (χ3n) is 4.57. The lowest BCUT2D eigenvalue weighted by Crippen LogP contribution is -2.44. The van der Waals surface area contributed by atoms with Crippen LogP contribution in [0.25, 0.3) is 0 Å². The molecule has 0 amide bonds. The van der Waals surface area contributed by atoms with Gasteiger partial charge in [0.15, 0.2) is 0 Å². The summed E-state index contributed by atoms with van der Waals surface area (Å²) in [7, 11) is 2.20. The summed E-state index contributed by atoms with van der Waals surface area (Å²) < 4.78 is 6.11. The number of benzene rings is 1. The van der Waals surface area contributed by atoms with Crippen molar-refractivity contribution >= 4 is 12.4 Å². The standard InChI is InChI=1S/C20H32N2O.ClH/c1-5-8-19-16-17(2)15-18(3)20(19)23-14-7-6-9-22-12-10-21(4)11-13-22;/h5,15-16H,1,6-14H2,2-4H3;1H. The van der Waals surface area contributed by atoms with E-state index < -0.39 is 0 Å². The number of hydrogen-bond acceptors (Lipinski definition) is 3. The number of unbranched alkanes of at least 4 members (excludes halogenated alkanes) is 1. The number of ether oxygens (including phenoxy) is 1. The topological polar surface area (TPSA) is 15.7 Å². The van der Waals surface area contributed by atoms with Crippen molar-refractivity contribution in [2.24, 2.45) is 0 Å². The molecule has 0 unspecified atom stereocenters. The van der Waals surface area contributed by atoms with Gasteiger partial charge in [0.25, 0.3) is 0 Å². The van der Waals surface area contributed by atoms with Crippen molar-refractivity contribution in [2.45, 2.75) is 33.1 Å². The van der Waals surface area contributed by atoms with E-state index in [0.717, 1.165) is 25.2 Å². The van der Waals surface area contributed by atoms with Gasteiger partial charge in [-0.2, -0.15) is 0 Å². The fraction of sp³-hybridized carbons (Fsp3) is 0.600. The Balaban J connectivity index is 0.00000288. The highest BCUT2D eigenvalue weighted by Gasteiger charge is 2.13. The highest BCUT2D eigenvalue weighted by molar-refractivity contribution is 5.85. The second-order valence-corrected chi connectivity index (χ2v) is 6.76. The van der Waals surface area contributed by atoms with Crippen LogP contribution in [0.15, 0.2) is 24.8 Å². The Morgan fingerprint density at radius 1 is 1.12 bits per heavy atom. The molecule has 1 aromatic carbocycles. The van der Waals surface area contributed by atoms with Crippen molar-refractivity contribution in [1.82, 2.24) is 9.80 Å². The average molecular weight is 353 g/mol. The quantitative estimate of drug-likeness (QED) is 0.522. The van der Waals surface area contributed by atoms with Gasteiger partial charge >= 0.3 is 0 Å². The summed E-state index contributed by atoms with van der Waals surface area (Å²) in [4.78, 5) is 4.97. The van der Waals surface area contributed by atoms with Gasteiger partial charge in [-0.15, -0.1) is 19.0 Å². The third-order valence-corrected chi connectivity index (χ3v) is 4.57. The zero-order valence-electron chi connectivity index (χ0n) is 15.5. The summed E-state index contributed by atoms with van der Waals surface area (Å²) in [5, 5.41) is 0. The first kappa shape index (κ1) is 21.0. The molecule has 136 valence electrons. The van der Waals surface area contributed by atoms with Gasteiger partial charge in [-0.1, -0.05) is 23.8 Å². The average Bonchev–Trinajstić information content (AvgIpc) is 2.51. The van der Waals surface area contributed by atoms with Crippen LogP contribution >= 0.6 is 12.4 Å². The van der Waals surface area contributed by atoms with Crippen LogP contribution in [0.5, 0.6) is 5.75 Å². The van der Waals surface area contributed by atoms with Gasteiger partial charge in [0, 0.05) is 26.2 Å². The Morgan fingerprint density at radius 2 is 1.83 bits per heavy atom. The van der Waals surface area contributed by atoms with Crippen molar-refractivity contribution in [3.8, 4) is 5.75 Å². The van der Waals surface area contributed by atoms with Gasteiger partial charge in [0.2, 0.25) is 0 Å².